The van der Waals surface area contributed by atoms with Gasteiger partial charge < -0.3 is 10.1 Å². The van der Waals surface area contributed by atoms with E-state index in [2.05, 4.69) is 46.5 Å². The Kier molecular flexibility index (Phi) is 9.30. The highest BCUT2D eigenvalue weighted by atomic mass is 32.1. The van der Waals surface area contributed by atoms with E-state index < -0.39 is 0 Å². The highest BCUT2D eigenvalue weighted by Gasteiger charge is 2.23. The molecule has 2 amide bonds. The van der Waals surface area contributed by atoms with Crippen LogP contribution in [-0.2, 0) is 6.42 Å². The van der Waals surface area contributed by atoms with Gasteiger partial charge in [-0.25, -0.2) is 4.98 Å². The van der Waals surface area contributed by atoms with Gasteiger partial charge in [-0.1, -0.05) is 26.3 Å². The summed E-state index contributed by atoms with van der Waals surface area (Å²) in [5, 5.41) is 8.35. The normalized spacial score (nSPS) is 15.5. The van der Waals surface area contributed by atoms with E-state index in [9.17, 15) is 9.59 Å². The molecule has 2 aromatic carbocycles. The Balaban J connectivity index is 1.37. The molecule has 1 aromatic heterocycles. The van der Waals surface area contributed by atoms with E-state index >= 15 is 0 Å². The number of benzene rings is 2. The summed E-state index contributed by atoms with van der Waals surface area (Å²) in [4.78, 5) is 32.5. The fourth-order valence-electron chi connectivity index (χ4n) is 4.74. The number of hydrogen-bond acceptors (Lipinski definition) is 6. The molecule has 1 fully saturated rings. The number of likely N-dealkylation sites (tertiary alicyclic amines) is 1. The maximum atomic E-state index is 12.8. The molecule has 0 radical (unpaired) electrons. The maximum Gasteiger partial charge on any atom is 0.257 e. The average molecular weight is 521 g/mol. The van der Waals surface area contributed by atoms with E-state index in [-0.39, 0.29) is 11.8 Å². The van der Waals surface area contributed by atoms with E-state index in [1.807, 2.05) is 11.4 Å². The maximum absolute atomic E-state index is 12.8. The standard InChI is InChI=1S/C29H36N4O3S/c1-4-6-8-20-10-15-26(36-3)24(17-20)25-19-37-29(31-25)32-28(35)22-13-11-21(12-14-22)27(34)30-18-23-9-7-16-33(23)5-2/h10-15,17,19,23H,4-9,16,18H2,1-3H3,(H,30,34)(H,31,32,35)/t23-/m0/s1. The molecular formula is C29H36N4O3S. The van der Waals surface area contributed by atoms with Crippen LogP contribution >= 0.6 is 11.3 Å². The van der Waals surface area contributed by atoms with Crippen LogP contribution in [0, 0.1) is 0 Å². The number of rotatable bonds is 11. The molecule has 2 heterocycles. The van der Waals surface area contributed by atoms with Crippen molar-refractivity contribution in [1.29, 1.82) is 0 Å². The number of methoxy groups -OCH3 is 1. The largest absolute Gasteiger partial charge is 0.496 e. The first-order valence-electron chi connectivity index (χ1n) is 13.1. The lowest BCUT2D eigenvalue weighted by molar-refractivity contribution is 0.0939. The van der Waals surface area contributed by atoms with Crippen LogP contribution in [0.25, 0.3) is 11.3 Å². The molecule has 1 aliphatic heterocycles. The van der Waals surface area contributed by atoms with Gasteiger partial charge in [-0.3, -0.25) is 19.8 Å². The van der Waals surface area contributed by atoms with E-state index in [0.717, 1.165) is 55.8 Å². The summed E-state index contributed by atoms with van der Waals surface area (Å²) >= 11 is 1.37. The highest BCUT2D eigenvalue weighted by Crippen LogP contribution is 2.33. The third-order valence-corrected chi connectivity index (χ3v) is 7.65. The van der Waals surface area contributed by atoms with Crippen LogP contribution in [0.15, 0.2) is 47.8 Å². The molecule has 0 saturated carbocycles. The van der Waals surface area contributed by atoms with Crippen LogP contribution in [0.4, 0.5) is 5.13 Å². The van der Waals surface area contributed by atoms with E-state index in [4.69, 9.17) is 4.74 Å². The second kappa shape index (κ2) is 12.8. The number of ether oxygens (including phenoxy) is 1. The average Bonchev–Trinajstić information content (AvgIpc) is 3.59. The molecule has 7 nitrogen and oxygen atoms in total. The van der Waals surface area contributed by atoms with Crippen LogP contribution in [-0.4, -0.2) is 54.5 Å². The Hall–Kier alpha value is -3.23. The molecule has 1 aliphatic rings. The van der Waals surface area contributed by atoms with Crippen LogP contribution in [0.5, 0.6) is 5.75 Å². The van der Waals surface area contributed by atoms with Crippen molar-refractivity contribution in [3.8, 4) is 17.0 Å². The number of anilines is 1. The van der Waals surface area contributed by atoms with Crippen molar-refractivity contribution in [3.63, 3.8) is 0 Å². The van der Waals surface area contributed by atoms with Crippen LogP contribution < -0.4 is 15.4 Å². The van der Waals surface area contributed by atoms with Gasteiger partial charge >= 0.3 is 0 Å². The monoisotopic (exact) mass is 520 g/mol. The first kappa shape index (κ1) is 26.8. The van der Waals surface area contributed by atoms with Gasteiger partial charge in [0.05, 0.1) is 12.8 Å². The molecule has 196 valence electrons. The molecule has 0 spiro atoms. The summed E-state index contributed by atoms with van der Waals surface area (Å²) < 4.78 is 5.55. The zero-order valence-corrected chi connectivity index (χ0v) is 22.7. The van der Waals surface area contributed by atoms with E-state index in [1.165, 1.54) is 23.3 Å². The van der Waals surface area contributed by atoms with Crippen molar-refractivity contribution in [2.75, 3.05) is 32.1 Å². The number of thiazole rings is 1. The van der Waals surface area contributed by atoms with Crippen molar-refractivity contribution >= 4 is 28.3 Å². The van der Waals surface area contributed by atoms with Gasteiger partial charge in [-0.15, -0.1) is 11.3 Å². The summed E-state index contributed by atoms with van der Waals surface area (Å²) in [5.74, 6) is 0.378. The highest BCUT2D eigenvalue weighted by molar-refractivity contribution is 7.14. The molecule has 8 heteroatoms. The number of carbonyl (C=O) groups is 2. The van der Waals surface area contributed by atoms with E-state index in [0.29, 0.717) is 28.8 Å². The van der Waals surface area contributed by atoms with Gasteiger partial charge in [0.2, 0.25) is 0 Å². The van der Waals surface area contributed by atoms with Crippen molar-refractivity contribution in [2.24, 2.45) is 0 Å². The summed E-state index contributed by atoms with van der Waals surface area (Å²) in [6.07, 6.45) is 5.56. The molecule has 0 bridgehead atoms. The number of carbonyl (C=O) groups excluding carboxylic acids is 2. The Morgan fingerprint density at radius 3 is 2.57 bits per heavy atom. The summed E-state index contributed by atoms with van der Waals surface area (Å²) in [7, 11) is 1.65. The van der Waals surface area contributed by atoms with Gasteiger partial charge in [0.1, 0.15) is 5.75 Å². The van der Waals surface area contributed by atoms with Crippen LogP contribution in [0.2, 0.25) is 0 Å². The summed E-state index contributed by atoms with van der Waals surface area (Å²) in [6.45, 7) is 7.08. The number of unbranched alkanes of at least 4 members (excludes halogenated alkanes) is 1. The van der Waals surface area contributed by atoms with Crippen molar-refractivity contribution in [3.05, 3.63) is 64.5 Å². The number of hydrogen-bond donors (Lipinski definition) is 2. The quantitative estimate of drug-likeness (QED) is 0.342. The lowest BCUT2D eigenvalue weighted by Gasteiger charge is -2.22. The number of aromatic nitrogens is 1. The van der Waals surface area contributed by atoms with Gasteiger partial charge in [-0.2, -0.15) is 0 Å². The summed E-state index contributed by atoms with van der Waals surface area (Å²) in [6, 6.07) is 13.3. The fraction of sp³-hybridized carbons (Fsp3) is 0.414. The fourth-order valence-corrected chi connectivity index (χ4v) is 5.45. The number of nitrogens with zero attached hydrogens (tertiary/aromatic N) is 2. The topological polar surface area (TPSA) is 83.6 Å². The van der Waals surface area contributed by atoms with Crippen LogP contribution in [0.1, 0.15) is 65.8 Å². The minimum atomic E-state index is -0.263. The molecule has 0 unspecified atom stereocenters. The smallest absolute Gasteiger partial charge is 0.257 e. The zero-order chi connectivity index (χ0) is 26.2. The third-order valence-electron chi connectivity index (χ3n) is 6.90. The minimum absolute atomic E-state index is 0.116. The molecular weight excluding hydrogens is 484 g/mol. The Morgan fingerprint density at radius 1 is 1.11 bits per heavy atom. The zero-order valence-electron chi connectivity index (χ0n) is 21.9. The second-order valence-corrected chi connectivity index (χ2v) is 10.2. The molecule has 4 rings (SSSR count). The lowest BCUT2D eigenvalue weighted by Crippen LogP contribution is -2.40. The number of aryl methyl sites for hydroxylation is 1. The van der Waals surface area contributed by atoms with Crippen molar-refractivity contribution < 1.29 is 14.3 Å². The summed E-state index contributed by atoms with van der Waals surface area (Å²) in [5.41, 5.74) is 3.95. The first-order valence-corrected chi connectivity index (χ1v) is 14.0. The predicted octanol–water partition coefficient (Wildman–Crippen LogP) is 5.63. The number of amides is 2. The van der Waals surface area contributed by atoms with E-state index in [1.54, 1.807) is 31.4 Å². The molecule has 1 saturated heterocycles. The molecule has 1 atom stereocenters. The second-order valence-electron chi connectivity index (χ2n) is 9.34. The van der Waals surface area contributed by atoms with Crippen molar-refractivity contribution in [2.45, 2.75) is 52.0 Å². The van der Waals surface area contributed by atoms with Gasteiger partial charge in [0.15, 0.2) is 5.13 Å². The molecule has 3 aromatic rings. The number of likely N-dealkylation sites (N-methyl/N-ethyl adjacent to an activating group) is 1. The van der Waals surface area contributed by atoms with Gasteiger partial charge in [0, 0.05) is 34.7 Å². The Morgan fingerprint density at radius 2 is 1.86 bits per heavy atom. The first-order chi connectivity index (χ1) is 18.0. The number of nitrogens with one attached hydrogen (secondary N) is 2. The lowest BCUT2D eigenvalue weighted by atomic mass is 10.0. The predicted molar refractivity (Wildman–Crippen MR) is 150 cm³/mol. The third kappa shape index (κ3) is 6.76. The molecule has 2 N–H and O–H groups in total. The molecule has 37 heavy (non-hydrogen) atoms. The van der Waals surface area contributed by atoms with Gasteiger partial charge in [-0.05, 0) is 80.7 Å². The Bertz CT molecular complexity index is 1210. The molecule has 0 aliphatic carbocycles. The Labute approximate surface area is 223 Å². The van der Waals surface area contributed by atoms with Gasteiger partial charge in [0.25, 0.3) is 11.8 Å². The van der Waals surface area contributed by atoms with Crippen LogP contribution in [0.3, 0.4) is 0 Å². The van der Waals surface area contributed by atoms with Crippen molar-refractivity contribution in [1.82, 2.24) is 15.2 Å². The minimum Gasteiger partial charge on any atom is -0.496 e. The SMILES string of the molecule is CCCCc1ccc(OC)c(-c2csc(NC(=O)c3ccc(C(=O)NC[C@@H]4CCCN4CC)cc3)n2)c1.